The maximum atomic E-state index is 12.6. The van der Waals surface area contributed by atoms with Crippen LogP contribution >= 0.6 is 11.3 Å². The number of pyridine rings is 1. The largest absolute Gasteiger partial charge is 0.309 e. The molecule has 0 fully saturated rings. The Morgan fingerprint density at radius 1 is 1.19 bits per heavy atom. The van der Waals surface area contributed by atoms with E-state index in [2.05, 4.69) is 33.2 Å². The van der Waals surface area contributed by atoms with Gasteiger partial charge in [-0.3, -0.25) is 4.98 Å². The highest BCUT2D eigenvalue weighted by atomic mass is 32.2. The molecule has 0 aliphatic rings. The highest BCUT2D eigenvalue weighted by Gasteiger charge is 2.16. The lowest BCUT2D eigenvalue weighted by Gasteiger charge is -2.12. The number of rotatable bonds is 8. The Morgan fingerprint density at radius 3 is 2.88 bits per heavy atom. The van der Waals surface area contributed by atoms with Crippen LogP contribution in [0.2, 0.25) is 0 Å². The number of hydrogen-bond donors (Lipinski definition) is 2. The molecule has 3 rings (SSSR count). The Bertz CT molecular complexity index is 978. The minimum Gasteiger partial charge on any atom is -0.309 e. The molecule has 0 aliphatic carbocycles. The lowest BCUT2D eigenvalue weighted by molar-refractivity contribution is 0.571. The lowest BCUT2D eigenvalue weighted by Crippen LogP contribution is -2.35. The summed E-state index contributed by atoms with van der Waals surface area (Å²) < 4.78 is 27.9. The molecule has 0 aliphatic heterocycles. The van der Waals surface area contributed by atoms with Crippen molar-refractivity contribution in [3.63, 3.8) is 0 Å². The predicted octanol–water partition coefficient (Wildman–Crippen LogP) is 3.27. The van der Waals surface area contributed by atoms with Gasteiger partial charge in [-0.25, -0.2) is 13.1 Å². The molecule has 136 valence electrons. The van der Waals surface area contributed by atoms with E-state index < -0.39 is 10.0 Å². The zero-order valence-electron chi connectivity index (χ0n) is 14.4. The van der Waals surface area contributed by atoms with E-state index in [9.17, 15) is 8.42 Å². The molecule has 0 saturated carbocycles. The number of fused-ring (bicyclic) bond motifs is 1. The van der Waals surface area contributed by atoms with Crippen molar-refractivity contribution < 1.29 is 8.42 Å². The Labute approximate surface area is 157 Å². The van der Waals surface area contributed by atoms with Gasteiger partial charge in [0.1, 0.15) is 0 Å². The summed E-state index contributed by atoms with van der Waals surface area (Å²) in [5.74, 6) is 0. The van der Waals surface area contributed by atoms with Gasteiger partial charge in [0.15, 0.2) is 0 Å². The van der Waals surface area contributed by atoms with Gasteiger partial charge in [0, 0.05) is 47.2 Å². The monoisotopic (exact) mass is 387 g/mol. The van der Waals surface area contributed by atoms with Crippen LogP contribution in [0.3, 0.4) is 0 Å². The van der Waals surface area contributed by atoms with Gasteiger partial charge in [-0.2, -0.15) is 0 Å². The van der Waals surface area contributed by atoms with Crippen molar-refractivity contribution in [2.24, 2.45) is 0 Å². The van der Waals surface area contributed by atoms with Gasteiger partial charge in [-0.15, -0.1) is 11.3 Å². The molecule has 2 heterocycles. The minimum absolute atomic E-state index is 0.158. The number of benzene rings is 1. The summed E-state index contributed by atoms with van der Waals surface area (Å²) in [6.45, 7) is 2.90. The molecule has 0 amide bonds. The third-order valence-corrected chi connectivity index (χ3v) is 6.26. The van der Waals surface area contributed by atoms with Crippen molar-refractivity contribution in [2.45, 2.75) is 17.9 Å². The van der Waals surface area contributed by atoms with Gasteiger partial charge in [0.05, 0.1) is 4.90 Å². The third-order valence-electron chi connectivity index (χ3n) is 3.91. The first-order chi connectivity index (χ1) is 12.6. The fourth-order valence-electron chi connectivity index (χ4n) is 2.58. The fourth-order valence-corrected chi connectivity index (χ4v) is 4.47. The minimum atomic E-state index is -3.57. The van der Waals surface area contributed by atoms with Crippen LogP contribution in [0.4, 0.5) is 0 Å². The Hall–Kier alpha value is -2.06. The molecule has 1 atom stereocenters. The molecular weight excluding hydrogens is 366 g/mol. The van der Waals surface area contributed by atoms with Crippen LogP contribution in [0.1, 0.15) is 11.8 Å². The summed E-state index contributed by atoms with van der Waals surface area (Å²) in [7, 11) is -3.57. The van der Waals surface area contributed by atoms with Crippen molar-refractivity contribution in [3.8, 4) is 0 Å². The first-order valence-electron chi connectivity index (χ1n) is 8.34. The van der Waals surface area contributed by atoms with Crippen molar-refractivity contribution in [1.82, 2.24) is 15.0 Å². The van der Waals surface area contributed by atoms with E-state index in [1.807, 2.05) is 24.4 Å². The van der Waals surface area contributed by atoms with E-state index in [0.29, 0.717) is 18.5 Å². The van der Waals surface area contributed by atoms with Crippen LogP contribution in [-0.2, 0) is 10.0 Å². The van der Waals surface area contributed by atoms with Crippen molar-refractivity contribution in [1.29, 1.82) is 0 Å². The maximum Gasteiger partial charge on any atom is 0.241 e. The zero-order chi connectivity index (χ0) is 18.4. The number of hydrogen-bond acceptors (Lipinski definition) is 5. The van der Waals surface area contributed by atoms with E-state index in [4.69, 9.17) is 0 Å². The SMILES string of the molecule is CC(C=Cc1cccs1)NCCNS(=O)(=O)c1cccc2cnccc12. The number of nitrogens with one attached hydrogen (secondary N) is 2. The molecule has 0 saturated heterocycles. The van der Waals surface area contributed by atoms with Gasteiger partial charge < -0.3 is 5.32 Å². The van der Waals surface area contributed by atoms with Gasteiger partial charge in [0.2, 0.25) is 10.0 Å². The topological polar surface area (TPSA) is 71.1 Å². The number of aromatic nitrogens is 1. The molecule has 0 radical (unpaired) electrons. The van der Waals surface area contributed by atoms with Crippen LogP contribution in [0.15, 0.2) is 65.1 Å². The summed E-state index contributed by atoms with van der Waals surface area (Å²) in [6, 6.07) is 11.1. The average Bonchev–Trinajstić information content (AvgIpc) is 3.17. The molecule has 5 nitrogen and oxygen atoms in total. The van der Waals surface area contributed by atoms with Crippen LogP contribution in [0.25, 0.3) is 16.8 Å². The number of thiophene rings is 1. The average molecular weight is 388 g/mol. The van der Waals surface area contributed by atoms with Crippen LogP contribution < -0.4 is 10.0 Å². The second-order valence-electron chi connectivity index (χ2n) is 5.87. The van der Waals surface area contributed by atoms with Crippen molar-refractivity contribution >= 4 is 38.2 Å². The molecular formula is C19H21N3O2S2. The Morgan fingerprint density at radius 2 is 2.08 bits per heavy atom. The van der Waals surface area contributed by atoms with E-state index in [1.54, 1.807) is 41.9 Å². The van der Waals surface area contributed by atoms with Gasteiger partial charge in [-0.1, -0.05) is 24.3 Å². The van der Waals surface area contributed by atoms with E-state index >= 15 is 0 Å². The Balaban J connectivity index is 1.55. The van der Waals surface area contributed by atoms with Crippen molar-refractivity contribution in [3.05, 3.63) is 65.1 Å². The van der Waals surface area contributed by atoms with Gasteiger partial charge in [0.25, 0.3) is 0 Å². The second kappa shape index (κ2) is 8.55. The lowest BCUT2D eigenvalue weighted by atomic mass is 10.2. The fraction of sp³-hybridized carbons (Fsp3) is 0.211. The molecule has 7 heteroatoms. The molecule has 0 bridgehead atoms. The highest BCUT2D eigenvalue weighted by molar-refractivity contribution is 7.89. The smallest absolute Gasteiger partial charge is 0.241 e. The first-order valence-corrected chi connectivity index (χ1v) is 10.7. The van der Waals surface area contributed by atoms with E-state index in [0.717, 1.165) is 5.39 Å². The summed E-state index contributed by atoms with van der Waals surface area (Å²) in [5.41, 5.74) is 0. The number of sulfonamides is 1. The molecule has 3 aromatic rings. The molecule has 1 unspecified atom stereocenters. The molecule has 0 spiro atoms. The van der Waals surface area contributed by atoms with Crippen LogP contribution in [-0.4, -0.2) is 32.5 Å². The highest BCUT2D eigenvalue weighted by Crippen LogP contribution is 2.21. The first kappa shape index (κ1) is 18.7. The van der Waals surface area contributed by atoms with E-state index in [-0.39, 0.29) is 10.9 Å². The Kier molecular flexibility index (Phi) is 6.16. The molecule has 1 aromatic carbocycles. The predicted molar refractivity (Wildman–Crippen MR) is 108 cm³/mol. The summed E-state index contributed by atoms with van der Waals surface area (Å²) in [6.07, 6.45) is 7.40. The number of nitrogens with zero attached hydrogens (tertiary/aromatic N) is 1. The summed E-state index contributed by atoms with van der Waals surface area (Å²) >= 11 is 1.68. The molecule has 2 aromatic heterocycles. The molecule has 26 heavy (non-hydrogen) atoms. The van der Waals surface area contributed by atoms with Crippen molar-refractivity contribution in [2.75, 3.05) is 13.1 Å². The van der Waals surface area contributed by atoms with Gasteiger partial charge in [-0.05, 0) is 36.6 Å². The van der Waals surface area contributed by atoms with E-state index in [1.165, 1.54) is 4.88 Å². The maximum absolute atomic E-state index is 12.6. The third kappa shape index (κ3) is 4.76. The standard InChI is InChI=1S/C19H21N3O2S2/c1-15(7-8-17-5-3-13-25-17)21-11-12-22-26(23,24)19-6-2-4-16-14-20-10-9-18(16)19/h2-10,13-15,21-22H,11-12H2,1H3. The zero-order valence-corrected chi connectivity index (χ0v) is 16.1. The molecule has 2 N–H and O–H groups in total. The normalized spacial score (nSPS) is 13.4. The van der Waals surface area contributed by atoms with Crippen LogP contribution in [0.5, 0.6) is 0 Å². The second-order valence-corrected chi connectivity index (χ2v) is 8.58. The van der Waals surface area contributed by atoms with Gasteiger partial charge >= 0.3 is 0 Å². The summed E-state index contributed by atoms with van der Waals surface area (Å²) in [5, 5.41) is 6.81. The quantitative estimate of drug-likeness (QED) is 0.582. The summed E-state index contributed by atoms with van der Waals surface area (Å²) in [4.78, 5) is 5.52. The van der Waals surface area contributed by atoms with Crippen LogP contribution in [0, 0.1) is 0 Å².